The molecule has 3 nitrogen and oxygen atoms in total. The van der Waals surface area contributed by atoms with Crippen molar-refractivity contribution < 1.29 is 4.74 Å². The zero-order valence-corrected chi connectivity index (χ0v) is 9.33. The topological polar surface area (TPSA) is 24.5 Å². The Labute approximate surface area is 86.8 Å². The van der Waals surface area contributed by atoms with Crippen molar-refractivity contribution in [3.8, 4) is 0 Å². The molecule has 0 aromatic heterocycles. The van der Waals surface area contributed by atoms with E-state index in [4.69, 9.17) is 4.74 Å². The molecule has 0 bridgehead atoms. The molecule has 1 unspecified atom stereocenters. The van der Waals surface area contributed by atoms with Crippen LogP contribution in [0.2, 0.25) is 0 Å². The Balaban J connectivity index is 1.89. The minimum Gasteiger partial charge on any atom is -0.375 e. The maximum absolute atomic E-state index is 5.75. The summed E-state index contributed by atoms with van der Waals surface area (Å²) in [5.41, 5.74) is 0. The van der Waals surface area contributed by atoms with E-state index in [0.717, 1.165) is 19.2 Å². The molecule has 82 valence electrons. The summed E-state index contributed by atoms with van der Waals surface area (Å²) in [6, 6.07) is 1.30. The molecule has 1 N–H and O–H groups in total. The van der Waals surface area contributed by atoms with Crippen LogP contribution >= 0.6 is 0 Å². The highest BCUT2D eigenvalue weighted by Gasteiger charge is 2.32. The number of rotatable bonds is 2. The first-order valence-corrected chi connectivity index (χ1v) is 5.90. The van der Waals surface area contributed by atoms with E-state index < -0.39 is 0 Å². The monoisotopic (exact) mass is 198 g/mol. The zero-order chi connectivity index (χ0) is 9.97. The average molecular weight is 198 g/mol. The second-order valence-electron chi connectivity index (χ2n) is 4.51. The van der Waals surface area contributed by atoms with Gasteiger partial charge in [-0.3, -0.25) is 4.90 Å². The standard InChI is InChI=1S/C11H22N2O/c1-3-9(2)13-6-4-11-10(8-13)12-5-7-14-11/h9-12H,3-8H2,1-2H3/t9?,10-,11+/m1/s1. The number of morpholine rings is 1. The highest BCUT2D eigenvalue weighted by Crippen LogP contribution is 2.19. The van der Waals surface area contributed by atoms with Crippen LogP contribution in [0.3, 0.4) is 0 Å². The van der Waals surface area contributed by atoms with Gasteiger partial charge in [-0.05, 0) is 19.8 Å². The molecule has 0 aromatic rings. The van der Waals surface area contributed by atoms with E-state index >= 15 is 0 Å². The zero-order valence-electron chi connectivity index (χ0n) is 9.33. The molecule has 0 saturated carbocycles. The molecule has 2 saturated heterocycles. The van der Waals surface area contributed by atoms with Crippen LogP contribution in [0.15, 0.2) is 0 Å². The molecule has 0 aliphatic carbocycles. The van der Waals surface area contributed by atoms with Crippen molar-refractivity contribution >= 4 is 0 Å². The van der Waals surface area contributed by atoms with Gasteiger partial charge in [0.15, 0.2) is 0 Å². The number of nitrogens with one attached hydrogen (secondary N) is 1. The van der Waals surface area contributed by atoms with Gasteiger partial charge in [0.25, 0.3) is 0 Å². The van der Waals surface area contributed by atoms with Gasteiger partial charge in [0.2, 0.25) is 0 Å². The molecule has 2 heterocycles. The number of ether oxygens (including phenoxy) is 1. The predicted octanol–water partition coefficient (Wildman–Crippen LogP) is 0.848. The van der Waals surface area contributed by atoms with Crippen molar-refractivity contribution in [2.75, 3.05) is 26.2 Å². The molecule has 2 aliphatic rings. The van der Waals surface area contributed by atoms with Crippen LogP contribution in [0.1, 0.15) is 26.7 Å². The van der Waals surface area contributed by atoms with Gasteiger partial charge in [0.05, 0.1) is 12.7 Å². The van der Waals surface area contributed by atoms with Crippen molar-refractivity contribution in [3.05, 3.63) is 0 Å². The SMILES string of the molecule is CCC(C)N1CC[C@@H]2OCCN[C@@H]2C1. The lowest BCUT2D eigenvalue weighted by Crippen LogP contribution is -2.59. The Morgan fingerprint density at radius 3 is 3.21 bits per heavy atom. The van der Waals surface area contributed by atoms with Gasteiger partial charge in [0.1, 0.15) is 0 Å². The first kappa shape index (κ1) is 10.4. The van der Waals surface area contributed by atoms with Crippen LogP contribution < -0.4 is 5.32 Å². The highest BCUT2D eigenvalue weighted by molar-refractivity contribution is 4.90. The fourth-order valence-corrected chi connectivity index (χ4v) is 2.46. The lowest BCUT2D eigenvalue weighted by molar-refractivity contribution is -0.0495. The van der Waals surface area contributed by atoms with Gasteiger partial charge >= 0.3 is 0 Å². The molecule has 14 heavy (non-hydrogen) atoms. The number of hydrogen-bond acceptors (Lipinski definition) is 3. The quantitative estimate of drug-likeness (QED) is 0.712. The second-order valence-corrected chi connectivity index (χ2v) is 4.51. The van der Waals surface area contributed by atoms with Gasteiger partial charge < -0.3 is 10.1 Å². The molecular weight excluding hydrogens is 176 g/mol. The molecule has 2 rings (SSSR count). The summed E-state index contributed by atoms with van der Waals surface area (Å²) in [5, 5.41) is 3.56. The molecule has 0 radical (unpaired) electrons. The Kier molecular flexibility index (Phi) is 3.42. The fourth-order valence-electron chi connectivity index (χ4n) is 2.46. The predicted molar refractivity (Wildman–Crippen MR) is 57.5 cm³/mol. The third-order valence-corrected chi connectivity index (χ3v) is 3.64. The number of hydrogen-bond donors (Lipinski definition) is 1. The van der Waals surface area contributed by atoms with Crippen molar-refractivity contribution in [1.29, 1.82) is 0 Å². The van der Waals surface area contributed by atoms with Crippen LogP contribution in [0.25, 0.3) is 0 Å². The Bertz CT molecular complexity index is 186. The van der Waals surface area contributed by atoms with Crippen LogP contribution in [0.4, 0.5) is 0 Å². The molecule has 0 aromatic carbocycles. The smallest absolute Gasteiger partial charge is 0.0753 e. The second kappa shape index (κ2) is 4.60. The Hall–Kier alpha value is -0.120. The Morgan fingerprint density at radius 1 is 1.57 bits per heavy atom. The molecule has 2 aliphatic heterocycles. The maximum Gasteiger partial charge on any atom is 0.0753 e. The summed E-state index contributed by atoms with van der Waals surface area (Å²) >= 11 is 0. The van der Waals surface area contributed by atoms with Crippen LogP contribution in [0, 0.1) is 0 Å². The largest absolute Gasteiger partial charge is 0.375 e. The summed E-state index contributed by atoms with van der Waals surface area (Å²) in [5.74, 6) is 0. The minimum atomic E-state index is 0.476. The molecule has 0 spiro atoms. The summed E-state index contributed by atoms with van der Waals surface area (Å²) in [4.78, 5) is 2.59. The van der Waals surface area contributed by atoms with E-state index in [1.54, 1.807) is 0 Å². The normalized spacial score (nSPS) is 36.4. The lowest BCUT2D eigenvalue weighted by atomic mass is 9.99. The minimum absolute atomic E-state index is 0.476. The van der Waals surface area contributed by atoms with E-state index in [2.05, 4.69) is 24.1 Å². The molecule has 2 fully saturated rings. The van der Waals surface area contributed by atoms with Crippen LogP contribution in [0.5, 0.6) is 0 Å². The third-order valence-electron chi connectivity index (χ3n) is 3.64. The number of piperidine rings is 1. The summed E-state index contributed by atoms with van der Waals surface area (Å²) < 4.78 is 5.75. The molecule has 0 amide bonds. The van der Waals surface area contributed by atoms with Crippen LogP contribution in [-0.4, -0.2) is 49.3 Å². The summed E-state index contributed by atoms with van der Waals surface area (Å²) in [6.07, 6.45) is 2.92. The Morgan fingerprint density at radius 2 is 2.43 bits per heavy atom. The van der Waals surface area contributed by atoms with E-state index in [1.807, 2.05) is 0 Å². The van der Waals surface area contributed by atoms with Gasteiger partial charge in [-0.25, -0.2) is 0 Å². The molecule has 3 atom stereocenters. The van der Waals surface area contributed by atoms with Gasteiger partial charge in [-0.2, -0.15) is 0 Å². The highest BCUT2D eigenvalue weighted by atomic mass is 16.5. The van der Waals surface area contributed by atoms with E-state index in [1.165, 1.54) is 25.9 Å². The van der Waals surface area contributed by atoms with E-state index in [-0.39, 0.29) is 0 Å². The first-order valence-electron chi connectivity index (χ1n) is 5.90. The maximum atomic E-state index is 5.75. The summed E-state index contributed by atoms with van der Waals surface area (Å²) in [7, 11) is 0. The molecule has 3 heteroatoms. The van der Waals surface area contributed by atoms with Crippen molar-refractivity contribution in [2.24, 2.45) is 0 Å². The van der Waals surface area contributed by atoms with Gasteiger partial charge in [0, 0.05) is 31.7 Å². The lowest BCUT2D eigenvalue weighted by Gasteiger charge is -2.43. The number of fused-ring (bicyclic) bond motifs is 1. The van der Waals surface area contributed by atoms with E-state index in [0.29, 0.717) is 12.1 Å². The van der Waals surface area contributed by atoms with Crippen molar-refractivity contribution in [2.45, 2.75) is 44.9 Å². The van der Waals surface area contributed by atoms with E-state index in [9.17, 15) is 0 Å². The number of nitrogens with zero attached hydrogens (tertiary/aromatic N) is 1. The fraction of sp³-hybridized carbons (Fsp3) is 1.00. The first-order chi connectivity index (χ1) is 6.81. The van der Waals surface area contributed by atoms with Crippen molar-refractivity contribution in [1.82, 2.24) is 10.2 Å². The van der Waals surface area contributed by atoms with Crippen molar-refractivity contribution in [3.63, 3.8) is 0 Å². The summed E-state index contributed by atoms with van der Waals surface area (Å²) in [6.45, 7) is 8.88. The van der Waals surface area contributed by atoms with Gasteiger partial charge in [-0.15, -0.1) is 0 Å². The third kappa shape index (κ3) is 2.10. The van der Waals surface area contributed by atoms with Gasteiger partial charge in [-0.1, -0.05) is 6.92 Å². The van der Waals surface area contributed by atoms with Crippen LogP contribution in [-0.2, 0) is 4.74 Å². The number of likely N-dealkylation sites (tertiary alicyclic amines) is 1. The molecular formula is C11H22N2O. The average Bonchev–Trinajstić information content (AvgIpc) is 2.27.